The van der Waals surface area contributed by atoms with Gasteiger partial charge in [0.25, 0.3) is 5.69 Å². The quantitative estimate of drug-likeness (QED) is 0.685. The number of carbonyl (C=O) groups excluding carboxylic acids is 1. The highest BCUT2D eigenvalue weighted by atomic mass is 16.6. The molecule has 0 spiro atoms. The van der Waals surface area contributed by atoms with Crippen LogP contribution in [0.3, 0.4) is 0 Å². The summed E-state index contributed by atoms with van der Waals surface area (Å²) >= 11 is 0. The summed E-state index contributed by atoms with van der Waals surface area (Å²) in [4.78, 5) is 21.7. The third-order valence-corrected chi connectivity index (χ3v) is 2.51. The van der Waals surface area contributed by atoms with Crippen LogP contribution >= 0.6 is 0 Å². The Balaban J connectivity index is 2.08. The summed E-state index contributed by atoms with van der Waals surface area (Å²) in [7, 11) is 0. The Morgan fingerprint density at radius 1 is 1.32 bits per heavy atom. The summed E-state index contributed by atoms with van der Waals surface area (Å²) in [5.74, 6) is 0.127. The fourth-order valence-corrected chi connectivity index (χ4v) is 1.63. The lowest BCUT2D eigenvalue weighted by Gasteiger charge is -2.18. The maximum atomic E-state index is 11.6. The Kier molecular flexibility index (Phi) is 4.11. The molecule has 2 rings (SSSR count). The van der Waals surface area contributed by atoms with E-state index in [0.29, 0.717) is 11.3 Å². The first-order chi connectivity index (χ1) is 10.2. The number of hydrogen-bond acceptors (Lipinski definition) is 6. The zero-order valence-electron chi connectivity index (χ0n) is 12.3. The van der Waals surface area contributed by atoms with Gasteiger partial charge in [0.2, 0.25) is 5.88 Å². The van der Waals surface area contributed by atoms with E-state index in [1.807, 2.05) is 0 Å². The fourth-order valence-electron chi connectivity index (χ4n) is 1.63. The molecule has 1 N–H and O–H groups in total. The van der Waals surface area contributed by atoms with Crippen molar-refractivity contribution in [2.45, 2.75) is 26.4 Å². The fraction of sp³-hybridized carbons (Fsp3) is 0.286. The van der Waals surface area contributed by atoms with Crippen molar-refractivity contribution in [3.8, 4) is 11.3 Å². The number of nitrogens with zero attached hydrogens (tertiary/aromatic N) is 2. The maximum Gasteiger partial charge on any atom is 0.414 e. The van der Waals surface area contributed by atoms with Crippen LogP contribution in [0.4, 0.5) is 16.4 Å². The molecular formula is C14H15N3O5. The number of ether oxygens (including phenoxy) is 1. The highest BCUT2D eigenvalue weighted by molar-refractivity contribution is 5.83. The van der Waals surface area contributed by atoms with Gasteiger partial charge in [0.15, 0.2) is 0 Å². The van der Waals surface area contributed by atoms with Gasteiger partial charge in [-0.3, -0.25) is 15.4 Å². The van der Waals surface area contributed by atoms with E-state index in [-0.39, 0.29) is 11.6 Å². The van der Waals surface area contributed by atoms with Gasteiger partial charge in [0, 0.05) is 23.8 Å². The molecule has 0 saturated heterocycles. The Morgan fingerprint density at radius 3 is 2.50 bits per heavy atom. The molecule has 8 heteroatoms. The van der Waals surface area contributed by atoms with Crippen molar-refractivity contribution >= 4 is 17.7 Å². The maximum absolute atomic E-state index is 11.6. The molecule has 0 saturated carbocycles. The number of aromatic nitrogens is 1. The summed E-state index contributed by atoms with van der Waals surface area (Å²) in [5, 5.41) is 16.8. The van der Waals surface area contributed by atoms with Gasteiger partial charge in [-0.1, -0.05) is 5.16 Å². The van der Waals surface area contributed by atoms with Crippen molar-refractivity contribution < 1.29 is 19.0 Å². The predicted molar refractivity (Wildman–Crippen MR) is 78.5 cm³/mol. The molecule has 0 fully saturated rings. The minimum absolute atomic E-state index is 0.0145. The van der Waals surface area contributed by atoms with Crippen LogP contribution in [0.5, 0.6) is 0 Å². The second-order valence-corrected chi connectivity index (χ2v) is 5.51. The molecule has 0 atom stereocenters. The van der Waals surface area contributed by atoms with Gasteiger partial charge in [-0.05, 0) is 32.9 Å². The van der Waals surface area contributed by atoms with Gasteiger partial charge >= 0.3 is 6.09 Å². The molecule has 0 aliphatic carbocycles. The number of carbonyl (C=O) groups is 1. The van der Waals surface area contributed by atoms with Crippen LogP contribution in [0.15, 0.2) is 34.9 Å². The SMILES string of the molecule is CC(C)(C)OC(=O)Nc1cc(-c2ccc([N+](=O)[O-])cc2)no1. The minimum atomic E-state index is -0.654. The highest BCUT2D eigenvalue weighted by Crippen LogP contribution is 2.24. The molecule has 1 aromatic carbocycles. The number of non-ortho nitro benzene ring substituents is 1. The molecule has 0 aliphatic heterocycles. The zero-order valence-corrected chi connectivity index (χ0v) is 12.3. The van der Waals surface area contributed by atoms with E-state index in [1.54, 1.807) is 32.9 Å². The predicted octanol–water partition coefficient (Wildman–Crippen LogP) is 3.60. The topological polar surface area (TPSA) is 108 Å². The summed E-state index contributed by atoms with van der Waals surface area (Å²) < 4.78 is 10.1. The second kappa shape index (κ2) is 5.84. The van der Waals surface area contributed by atoms with Crippen LogP contribution in [0.1, 0.15) is 20.8 Å². The van der Waals surface area contributed by atoms with Gasteiger partial charge in [-0.15, -0.1) is 0 Å². The third kappa shape index (κ3) is 4.05. The number of rotatable bonds is 3. The summed E-state index contributed by atoms with van der Waals surface area (Å²) in [6.07, 6.45) is -0.654. The molecule has 22 heavy (non-hydrogen) atoms. The molecule has 0 aliphatic rings. The number of nitrogens with one attached hydrogen (secondary N) is 1. The summed E-state index contributed by atoms with van der Waals surface area (Å²) in [6.45, 7) is 5.24. The van der Waals surface area contributed by atoms with Crippen molar-refractivity contribution in [1.82, 2.24) is 5.16 Å². The third-order valence-electron chi connectivity index (χ3n) is 2.51. The van der Waals surface area contributed by atoms with E-state index >= 15 is 0 Å². The Labute approximate surface area is 126 Å². The molecule has 1 heterocycles. The van der Waals surface area contributed by atoms with E-state index in [4.69, 9.17) is 9.26 Å². The normalized spacial score (nSPS) is 11.0. The number of nitro benzene ring substituents is 1. The lowest BCUT2D eigenvalue weighted by Crippen LogP contribution is -2.27. The van der Waals surface area contributed by atoms with Crippen LogP contribution in [-0.2, 0) is 4.74 Å². The monoisotopic (exact) mass is 305 g/mol. The highest BCUT2D eigenvalue weighted by Gasteiger charge is 2.18. The van der Waals surface area contributed by atoms with E-state index < -0.39 is 16.6 Å². The number of nitro groups is 1. The lowest BCUT2D eigenvalue weighted by molar-refractivity contribution is -0.384. The van der Waals surface area contributed by atoms with Crippen molar-refractivity contribution in [2.24, 2.45) is 0 Å². The molecular weight excluding hydrogens is 290 g/mol. The van der Waals surface area contributed by atoms with E-state index in [9.17, 15) is 14.9 Å². The van der Waals surface area contributed by atoms with Gasteiger partial charge in [-0.2, -0.15) is 0 Å². The van der Waals surface area contributed by atoms with Crippen LogP contribution in [-0.4, -0.2) is 21.8 Å². The first-order valence-corrected chi connectivity index (χ1v) is 6.46. The molecule has 1 aromatic heterocycles. The standard InChI is InChI=1S/C14H15N3O5/c1-14(2,3)21-13(18)15-12-8-11(16-22-12)9-4-6-10(7-5-9)17(19)20/h4-8H,1-3H3,(H,15,18). The van der Waals surface area contributed by atoms with E-state index in [1.165, 1.54) is 18.2 Å². The molecule has 116 valence electrons. The Morgan fingerprint density at radius 2 is 1.95 bits per heavy atom. The Bertz CT molecular complexity index is 685. The second-order valence-electron chi connectivity index (χ2n) is 5.51. The van der Waals surface area contributed by atoms with E-state index in [2.05, 4.69) is 10.5 Å². The van der Waals surface area contributed by atoms with Crippen LogP contribution in [0.2, 0.25) is 0 Å². The average Bonchev–Trinajstić information content (AvgIpc) is 2.85. The first-order valence-electron chi connectivity index (χ1n) is 6.46. The van der Waals surface area contributed by atoms with Crippen LogP contribution in [0.25, 0.3) is 11.3 Å². The molecule has 2 aromatic rings. The largest absolute Gasteiger partial charge is 0.444 e. The van der Waals surface area contributed by atoms with E-state index in [0.717, 1.165) is 0 Å². The molecule has 0 radical (unpaired) electrons. The van der Waals surface area contributed by atoms with Gasteiger partial charge in [-0.25, -0.2) is 4.79 Å². The number of hydrogen-bond donors (Lipinski definition) is 1. The van der Waals surface area contributed by atoms with Crippen molar-refractivity contribution in [3.63, 3.8) is 0 Å². The lowest BCUT2D eigenvalue weighted by atomic mass is 10.1. The molecule has 0 bridgehead atoms. The number of anilines is 1. The first kappa shape index (κ1) is 15.5. The van der Waals surface area contributed by atoms with Crippen molar-refractivity contribution in [1.29, 1.82) is 0 Å². The number of benzene rings is 1. The molecule has 1 amide bonds. The Hall–Kier alpha value is -2.90. The van der Waals surface area contributed by atoms with Crippen molar-refractivity contribution in [3.05, 3.63) is 40.4 Å². The van der Waals surface area contributed by atoms with Crippen LogP contribution < -0.4 is 5.32 Å². The zero-order chi connectivity index (χ0) is 16.3. The average molecular weight is 305 g/mol. The summed E-state index contributed by atoms with van der Waals surface area (Å²) in [6, 6.07) is 7.33. The smallest absolute Gasteiger partial charge is 0.414 e. The summed E-state index contributed by atoms with van der Waals surface area (Å²) in [5.41, 5.74) is 0.442. The molecule has 8 nitrogen and oxygen atoms in total. The molecule has 0 unspecified atom stereocenters. The minimum Gasteiger partial charge on any atom is -0.444 e. The van der Waals surface area contributed by atoms with Gasteiger partial charge < -0.3 is 9.26 Å². The van der Waals surface area contributed by atoms with Crippen LogP contribution in [0, 0.1) is 10.1 Å². The van der Waals surface area contributed by atoms with Crippen molar-refractivity contribution in [2.75, 3.05) is 5.32 Å². The van der Waals surface area contributed by atoms with Gasteiger partial charge in [0.1, 0.15) is 11.3 Å². The van der Waals surface area contributed by atoms with Gasteiger partial charge in [0.05, 0.1) is 4.92 Å². The number of amides is 1.